The van der Waals surface area contributed by atoms with Gasteiger partial charge in [0.1, 0.15) is 18.1 Å². The minimum Gasteiger partial charge on any atom is -0.496 e. The molecule has 0 saturated carbocycles. The summed E-state index contributed by atoms with van der Waals surface area (Å²) in [7, 11) is 1.57. The van der Waals surface area contributed by atoms with Crippen LogP contribution in [0.5, 0.6) is 11.5 Å². The molecule has 7 nitrogen and oxygen atoms in total. The minimum absolute atomic E-state index is 0.182. The van der Waals surface area contributed by atoms with Gasteiger partial charge in [-0.1, -0.05) is 35.5 Å². The lowest BCUT2D eigenvalue weighted by Crippen LogP contribution is -2.39. The number of hydrogen-bond donors (Lipinski definition) is 0. The summed E-state index contributed by atoms with van der Waals surface area (Å²) in [6.07, 6.45) is 7.03. The number of thiazole rings is 1. The zero-order valence-corrected chi connectivity index (χ0v) is 22.3. The molecule has 0 bridgehead atoms. The maximum atomic E-state index is 13.7. The van der Waals surface area contributed by atoms with Gasteiger partial charge in [0.25, 0.3) is 5.56 Å². The molecule has 1 aliphatic heterocycles. The smallest absolute Gasteiger partial charge is 0.338 e. The molecule has 184 valence electrons. The van der Waals surface area contributed by atoms with Gasteiger partial charge in [0.15, 0.2) is 4.80 Å². The summed E-state index contributed by atoms with van der Waals surface area (Å²) in [6.45, 7) is 3.89. The molecule has 0 fully saturated rings. The molecule has 0 amide bonds. The monoisotopic (exact) mass is 566 g/mol. The number of terminal acetylenes is 1. The summed E-state index contributed by atoms with van der Waals surface area (Å²) in [5.41, 5.74) is 2.12. The third-order valence-corrected chi connectivity index (χ3v) is 7.11. The summed E-state index contributed by atoms with van der Waals surface area (Å²) < 4.78 is 18.8. The van der Waals surface area contributed by atoms with Crippen LogP contribution in [-0.2, 0) is 9.53 Å². The highest BCUT2D eigenvalue weighted by molar-refractivity contribution is 9.10. The van der Waals surface area contributed by atoms with E-state index in [0.717, 1.165) is 11.1 Å². The number of ether oxygens (including phenoxy) is 3. The van der Waals surface area contributed by atoms with Crippen molar-refractivity contribution in [1.29, 1.82) is 0 Å². The van der Waals surface area contributed by atoms with E-state index in [2.05, 4.69) is 26.8 Å². The number of allylic oxidation sites excluding steroid dienone is 1. The first-order chi connectivity index (χ1) is 17.4. The fraction of sp³-hybridized carbons (Fsp3) is 0.222. The number of halogens is 1. The fourth-order valence-corrected chi connectivity index (χ4v) is 5.50. The Labute approximate surface area is 220 Å². The van der Waals surface area contributed by atoms with Crippen molar-refractivity contribution in [2.45, 2.75) is 19.9 Å². The number of hydrogen-bond acceptors (Lipinski definition) is 7. The molecule has 2 aromatic carbocycles. The highest BCUT2D eigenvalue weighted by Gasteiger charge is 2.33. The summed E-state index contributed by atoms with van der Waals surface area (Å²) in [6, 6.07) is 12.0. The Kier molecular flexibility index (Phi) is 7.77. The van der Waals surface area contributed by atoms with Gasteiger partial charge in [-0.15, -0.1) is 6.42 Å². The molecule has 36 heavy (non-hydrogen) atoms. The maximum Gasteiger partial charge on any atom is 0.338 e. The van der Waals surface area contributed by atoms with Crippen LogP contribution >= 0.6 is 27.3 Å². The molecule has 1 atom stereocenters. The van der Waals surface area contributed by atoms with Gasteiger partial charge in [-0.05, 0) is 71.2 Å². The summed E-state index contributed by atoms with van der Waals surface area (Å²) in [5, 5.41) is 0. The number of methoxy groups -OCH3 is 1. The van der Waals surface area contributed by atoms with Crippen LogP contribution in [0, 0.1) is 12.3 Å². The molecule has 4 rings (SSSR count). The van der Waals surface area contributed by atoms with E-state index in [0.29, 0.717) is 36.6 Å². The Morgan fingerprint density at radius 3 is 2.67 bits per heavy atom. The minimum atomic E-state index is -0.704. The number of rotatable bonds is 7. The fourth-order valence-electron chi connectivity index (χ4n) is 3.90. The molecule has 0 N–H and O–H groups in total. The molecule has 1 aromatic heterocycles. The van der Waals surface area contributed by atoms with Crippen LogP contribution in [0.25, 0.3) is 6.08 Å². The zero-order valence-electron chi connectivity index (χ0n) is 19.9. The Bertz CT molecular complexity index is 1560. The van der Waals surface area contributed by atoms with Crippen LogP contribution in [0.1, 0.15) is 31.0 Å². The molecule has 3 aromatic rings. The van der Waals surface area contributed by atoms with Crippen LogP contribution in [0.3, 0.4) is 0 Å². The molecule has 0 saturated heterocycles. The average Bonchev–Trinajstić information content (AvgIpc) is 3.17. The molecular formula is C27H23BrN2O5S. The first kappa shape index (κ1) is 25.5. The highest BCUT2D eigenvalue weighted by Crippen LogP contribution is 2.35. The van der Waals surface area contributed by atoms with E-state index in [1.165, 1.54) is 11.3 Å². The number of carbonyl (C=O) groups is 1. The molecule has 0 unspecified atom stereocenters. The van der Waals surface area contributed by atoms with Gasteiger partial charge in [-0.25, -0.2) is 9.79 Å². The zero-order chi connectivity index (χ0) is 25.8. The van der Waals surface area contributed by atoms with Crippen molar-refractivity contribution in [2.75, 3.05) is 20.3 Å². The lowest BCUT2D eigenvalue weighted by molar-refractivity contribution is -0.139. The Morgan fingerprint density at radius 1 is 1.28 bits per heavy atom. The molecular weight excluding hydrogens is 544 g/mol. The van der Waals surface area contributed by atoms with Crippen LogP contribution in [0.2, 0.25) is 0 Å². The second kappa shape index (κ2) is 11.0. The highest BCUT2D eigenvalue weighted by atomic mass is 79.9. The van der Waals surface area contributed by atoms with Crippen molar-refractivity contribution in [3.63, 3.8) is 0 Å². The van der Waals surface area contributed by atoms with Gasteiger partial charge >= 0.3 is 5.97 Å². The number of aromatic nitrogens is 1. The van der Waals surface area contributed by atoms with Crippen LogP contribution in [0.15, 0.2) is 68.0 Å². The second-order valence-electron chi connectivity index (χ2n) is 7.76. The van der Waals surface area contributed by atoms with Gasteiger partial charge < -0.3 is 14.2 Å². The van der Waals surface area contributed by atoms with E-state index in [1.807, 2.05) is 24.3 Å². The largest absolute Gasteiger partial charge is 0.496 e. The van der Waals surface area contributed by atoms with Gasteiger partial charge in [-0.2, -0.15) is 0 Å². The van der Waals surface area contributed by atoms with Gasteiger partial charge in [0.05, 0.1) is 40.0 Å². The van der Waals surface area contributed by atoms with Gasteiger partial charge in [0, 0.05) is 0 Å². The SMILES string of the molecule is C#CCOc1ccc(/C=c2\sc3n(c2=O)[C@H](c2ccc(OC)c(Br)c2)C(C(=O)OCC)=C(C)N=3)cc1. The molecule has 0 aliphatic carbocycles. The van der Waals surface area contributed by atoms with Crippen LogP contribution < -0.4 is 24.4 Å². The third-order valence-electron chi connectivity index (χ3n) is 5.51. The standard InChI is InChI=1S/C27H23BrN2O5S/c1-5-13-35-19-10-7-17(8-11-19)14-22-25(31)30-24(18-9-12-21(33-4)20(28)15-18)23(26(32)34-6-2)16(3)29-27(30)36-22/h1,7-12,14-15,24H,6,13H2,2-4H3/b22-14-/t24-/m1/s1. The molecule has 9 heteroatoms. The molecule has 2 heterocycles. The quantitative estimate of drug-likeness (QED) is 0.322. The number of fused-ring (bicyclic) bond motifs is 1. The van der Waals surface area contributed by atoms with Crippen molar-refractivity contribution in [3.8, 4) is 23.8 Å². The Morgan fingerprint density at radius 2 is 2.03 bits per heavy atom. The van der Waals surface area contributed by atoms with E-state index in [-0.39, 0.29) is 18.8 Å². The predicted molar refractivity (Wildman–Crippen MR) is 142 cm³/mol. The van der Waals surface area contributed by atoms with Crippen LogP contribution in [-0.4, -0.2) is 30.9 Å². The lowest BCUT2D eigenvalue weighted by Gasteiger charge is -2.25. The Balaban J connectivity index is 1.87. The van der Waals surface area contributed by atoms with E-state index in [9.17, 15) is 9.59 Å². The third kappa shape index (κ3) is 5.01. The predicted octanol–water partition coefficient (Wildman–Crippen LogP) is 3.58. The van der Waals surface area contributed by atoms with Crippen molar-refractivity contribution in [1.82, 2.24) is 4.57 Å². The number of esters is 1. The van der Waals surface area contributed by atoms with Crippen molar-refractivity contribution >= 4 is 39.3 Å². The Hall–Kier alpha value is -3.61. The van der Waals surface area contributed by atoms with Crippen molar-refractivity contribution < 1.29 is 19.0 Å². The molecule has 0 spiro atoms. The first-order valence-corrected chi connectivity index (χ1v) is 12.7. The number of carbonyl (C=O) groups excluding carboxylic acids is 1. The first-order valence-electron chi connectivity index (χ1n) is 11.1. The molecule has 0 radical (unpaired) electrons. The van der Waals surface area contributed by atoms with Crippen LogP contribution in [0.4, 0.5) is 0 Å². The van der Waals surface area contributed by atoms with E-state index >= 15 is 0 Å². The second-order valence-corrected chi connectivity index (χ2v) is 9.62. The van der Waals surface area contributed by atoms with Gasteiger partial charge in [-0.3, -0.25) is 9.36 Å². The molecule has 1 aliphatic rings. The normalized spacial score (nSPS) is 15.1. The maximum absolute atomic E-state index is 13.7. The summed E-state index contributed by atoms with van der Waals surface area (Å²) in [5.74, 6) is 3.20. The summed E-state index contributed by atoms with van der Waals surface area (Å²) >= 11 is 4.78. The van der Waals surface area contributed by atoms with Crippen molar-refractivity contribution in [2.24, 2.45) is 4.99 Å². The topological polar surface area (TPSA) is 79.1 Å². The number of nitrogens with zero attached hydrogens (tertiary/aromatic N) is 2. The van der Waals surface area contributed by atoms with Gasteiger partial charge in [0.2, 0.25) is 0 Å². The van der Waals surface area contributed by atoms with E-state index in [4.69, 9.17) is 20.6 Å². The lowest BCUT2D eigenvalue weighted by atomic mass is 9.96. The van der Waals surface area contributed by atoms with E-state index in [1.54, 1.807) is 49.8 Å². The van der Waals surface area contributed by atoms with E-state index < -0.39 is 12.0 Å². The number of benzene rings is 2. The summed E-state index contributed by atoms with van der Waals surface area (Å²) in [4.78, 5) is 31.8. The van der Waals surface area contributed by atoms with Crippen molar-refractivity contribution in [3.05, 3.63) is 89.0 Å². The average molecular weight is 567 g/mol.